The molecule has 0 radical (unpaired) electrons. The molecule has 0 aliphatic rings. The average molecular weight is 296 g/mol. The van der Waals surface area contributed by atoms with E-state index in [9.17, 15) is 4.79 Å². The van der Waals surface area contributed by atoms with Crippen molar-refractivity contribution in [3.63, 3.8) is 0 Å². The molecule has 0 saturated carbocycles. The van der Waals surface area contributed by atoms with Gasteiger partial charge in [-0.2, -0.15) is 0 Å². The smallest absolute Gasteiger partial charge is 0.334 e. The molecular weight excluding hydrogens is 276 g/mol. The van der Waals surface area contributed by atoms with Crippen LogP contribution in [0.1, 0.15) is 18.2 Å². The Bertz CT molecular complexity index is 448. The minimum atomic E-state index is -0.401. The van der Waals surface area contributed by atoms with Gasteiger partial charge in [0, 0.05) is 18.4 Å². The van der Waals surface area contributed by atoms with Gasteiger partial charge >= 0.3 is 5.97 Å². The zero-order chi connectivity index (χ0) is 14.8. The summed E-state index contributed by atoms with van der Waals surface area (Å²) in [6.07, 6.45) is 5.63. The SMILES string of the molecule is CCOC(=O)/C=C(\CC(/C=C/c1cccs1)OC)OC. The second-order valence-electron chi connectivity index (χ2n) is 3.92. The molecule has 1 atom stereocenters. The zero-order valence-corrected chi connectivity index (χ0v) is 12.8. The highest BCUT2D eigenvalue weighted by molar-refractivity contribution is 7.10. The van der Waals surface area contributed by atoms with Crippen LogP contribution in [0.2, 0.25) is 0 Å². The molecule has 110 valence electrons. The monoisotopic (exact) mass is 296 g/mol. The van der Waals surface area contributed by atoms with Gasteiger partial charge < -0.3 is 14.2 Å². The van der Waals surface area contributed by atoms with Crippen molar-refractivity contribution in [3.05, 3.63) is 40.3 Å². The highest BCUT2D eigenvalue weighted by atomic mass is 32.1. The first kappa shape index (κ1) is 16.5. The lowest BCUT2D eigenvalue weighted by atomic mass is 10.2. The van der Waals surface area contributed by atoms with Crippen LogP contribution in [0.3, 0.4) is 0 Å². The van der Waals surface area contributed by atoms with Crippen molar-refractivity contribution in [3.8, 4) is 0 Å². The molecule has 0 spiro atoms. The number of esters is 1. The molecule has 1 unspecified atom stereocenters. The van der Waals surface area contributed by atoms with Gasteiger partial charge in [-0.05, 0) is 24.4 Å². The number of thiophene rings is 1. The van der Waals surface area contributed by atoms with E-state index in [1.807, 2.05) is 29.7 Å². The van der Waals surface area contributed by atoms with Crippen molar-refractivity contribution in [2.75, 3.05) is 20.8 Å². The van der Waals surface area contributed by atoms with Gasteiger partial charge in [-0.15, -0.1) is 11.3 Å². The molecule has 0 aliphatic carbocycles. The van der Waals surface area contributed by atoms with Crippen LogP contribution in [0.25, 0.3) is 6.08 Å². The summed E-state index contributed by atoms with van der Waals surface area (Å²) in [6.45, 7) is 2.11. The molecule has 20 heavy (non-hydrogen) atoms. The molecule has 0 aromatic carbocycles. The van der Waals surface area contributed by atoms with E-state index in [0.717, 1.165) is 4.88 Å². The van der Waals surface area contributed by atoms with E-state index in [4.69, 9.17) is 14.2 Å². The van der Waals surface area contributed by atoms with E-state index in [2.05, 4.69) is 0 Å². The van der Waals surface area contributed by atoms with Crippen molar-refractivity contribution in [1.29, 1.82) is 0 Å². The maximum atomic E-state index is 11.4. The van der Waals surface area contributed by atoms with Gasteiger partial charge in [0.25, 0.3) is 0 Å². The molecule has 4 nitrogen and oxygen atoms in total. The van der Waals surface area contributed by atoms with E-state index in [0.29, 0.717) is 18.8 Å². The highest BCUT2D eigenvalue weighted by Gasteiger charge is 2.10. The first-order chi connectivity index (χ1) is 9.69. The van der Waals surface area contributed by atoms with Gasteiger partial charge in [-0.1, -0.05) is 12.1 Å². The Morgan fingerprint density at radius 2 is 2.25 bits per heavy atom. The summed E-state index contributed by atoms with van der Waals surface area (Å²) < 4.78 is 15.4. The van der Waals surface area contributed by atoms with Crippen molar-refractivity contribution >= 4 is 23.4 Å². The maximum Gasteiger partial charge on any atom is 0.334 e. The summed E-state index contributed by atoms with van der Waals surface area (Å²) in [6, 6.07) is 4.02. The summed E-state index contributed by atoms with van der Waals surface area (Å²) in [4.78, 5) is 12.5. The van der Waals surface area contributed by atoms with E-state index in [1.165, 1.54) is 13.2 Å². The normalized spacial score (nSPS) is 13.4. The maximum absolute atomic E-state index is 11.4. The quantitative estimate of drug-likeness (QED) is 0.419. The summed E-state index contributed by atoms with van der Waals surface area (Å²) in [5.74, 6) is 0.132. The number of carbonyl (C=O) groups is 1. The topological polar surface area (TPSA) is 44.8 Å². The average Bonchev–Trinajstić information content (AvgIpc) is 2.95. The largest absolute Gasteiger partial charge is 0.501 e. The second-order valence-corrected chi connectivity index (χ2v) is 4.90. The fraction of sp³-hybridized carbons (Fsp3) is 0.400. The molecule has 0 fully saturated rings. The Morgan fingerprint density at radius 3 is 2.80 bits per heavy atom. The second kappa shape index (κ2) is 9.34. The molecule has 0 saturated heterocycles. The third kappa shape index (κ3) is 6.04. The lowest BCUT2D eigenvalue weighted by Crippen LogP contribution is -2.10. The molecule has 0 bridgehead atoms. The van der Waals surface area contributed by atoms with Gasteiger partial charge in [-0.3, -0.25) is 0 Å². The van der Waals surface area contributed by atoms with Gasteiger partial charge in [0.2, 0.25) is 0 Å². The molecule has 0 N–H and O–H groups in total. The number of hydrogen-bond acceptors (Lipinski definition) is 5. The van der Waals surface area contributed by atoms with E-state index in [1.54, 1.807) is 25.4 Å². The van der Waals surface area contributed by atoms with Crippen LogP contribution in [0.5, 0.6) is 0 Å². The Balaban J connectivity index is 2.63. The van der Waals surface area contributed by atoms with E-state index < -0.39 is 5.97 Å². The molecule has 0 amide bonds. The number of ether oxygens (including phenoxy) is 3. The number of hydrogen-bond donors (Lipinski definition) is 0. The summed E-state index contributed by atoms with van der Waals surface area (Å²) in [5, 5.41) is 2.02. The summed E-state index contributed by atoms with van der Waals surface area (Å²) in [5.41, 5.74) is 0. The Labute approximate surface area is 123 Å². The van der Waals surface area contributed by atoms with Gasteiger partial charge in [0.05, 0.1) is 25.9 Å². The van der Waals surface area contributed by atoms with Gasteiger partial charge in [0.1, 0.15) is 5.76 Å². The van der Waals surface area contributed by atoms with Crippen LogP contribution in [0, 0.1) is 0 Å². The van der Waals surface area contributed by atoms with Crippen molar-refractivity contribution in [2.24, 2.45) is 0 Å². The Kier molecular flexibility index (Phi) is 7.69. The number of methoxy groups -OCH3 is 2. The molecule has 1 rings (SSSR count). The fourth-order valence-electron chi connectivity index (χ4n) is 1.53. The van der Waals surface area contributed by atoms with Crippen LogP contribution in [-0.2, 0) is 19.0 Å². The van der Waals surface area contributed by atoms with Crippen LogP contribution >= 0.6 is 11.3 Å². The first-order valence-electron chi connectivity index (χ1n) is 6.35. The van der Waals surface area contributed by atoms with Crippen molar-refractivity contribution < 1.29 is 19.0 Å². The summed E-state index contributed by atoms with van der Waals surface area (Å²) >= 11 is 1.65. The predicted octanol–water partition coefficient (Wildman–Crippen LogP) is 3.26. The third-order valence-electron chi connectivity index (χ3n) is 2.55. The Hall–Kier alpha value is -1.59. The predicted molar refractivity (Wildman–Crippen MR) is 80.5 cm³/mol. The lowest BCUT2D eigenvalue weighted by molar-refractivity contribution is -0.137. The van der Waals surface area contributed by atoms with E-state index >= 15 is 0 Å². The molecule has 1 aromatic heterocycles. The van der Waals surface area contributed by atoms with Gasteiger partial charge in [-0.25, -0.2) is 4.79 Å². The lowest BCUT2D eigenvalue weighted by Gasteiger charge is -2.12. The number of carbonyl (C=O) groups excluding carboxylic acids is 1. The molecule has 1 aromatic rings. The minimum Gasteiger partial charge on any atom is -0.501 e. The molecule has 5 heteroatoms. The standard InChI is InChI=1S/C15H20O4S/c1-4-19-15(16)11-13(18-3)10-12(17-2)7-8-14-6-5-9-20-14/h5-9,11-12H,4,10H2,1-3H3/b8-7+,13-11+. The molecule has 0 aliphatic heterocycles. The van der Waals surface area contributed by atoms with Crippen LogP contribution in [0.4, 0.5) is 0 Å². The minimum absolute atomic E-state index is 0.155. The van der Waals surface area contributed by atoms with Crippen LogP contribution in [0.15, 0.2) is 35.4 Å². The van der Waals surface area contributed by atoms with Crippen LogP contribution < -0.4 is 0 Å². The summed E-state index contributed by atoms with van der Waals surface area (Å²) in [7, 11) is 3.15. The highest BCUT2D eigenvalue weighted by Crippen LogP contribution is 2.15. The fourth-order valence-corrected chi connectivity index (χ4v) is 2.16. The van der Waals surface area contributed by atoms with Crippen LogP contribution in [-0.4, -0.2) is 32.9 Å². The number of rotatable bonds is 8. The first-order valence-corrected chi connectivity index (χ1v) is 7.23. The zero-order valence-electron chi connectivity index (χ0n) is 12.0. The van der Waals surface area contributed by atoms with Gasteiger partial charge in [0.15, 0.2) is 0 Å². The third-order valence-corrected chi connectivity index (χ3v) is 3.39. The van der Waals surface area contributed by atoms with Crippen molar-refractivity contribution in [2.45, 2.75) is 19.4 Å². The van der Waals surface area contributed by atoms with Crippen molar-refractivity contribution in [1.82, 2.24) is 0 Å². The Morgan fingerprint density at radius 1 is 1.45 bits per heavy atom. The molecule has 1 heterocycles. The van der Waals surface area contributed by atoms with E-state index in [-0.39, 0.29) is 6.10 Å². The molecular formula is C15H20O4S.